The summed E-state index contributed by atoms with van der Waals surface area (Å²) in [7, 11) is 0. The fourth-order valence-corrected chi connectivity index (χ4v) is 4.10. The van der Waals surface area contributed by atoms with Crippen LogP contribution in [0.15, 0.2) is 84.9 Å². The van der Waals surface area contributed by atoms with E-state index in [4.69, 9.17) is 4.74 Å². The first-order chi connectivity index (χ1) is 15.2. The number of nitrogens with one attached hydrogen (secondary N) is 1. The van der Waals surface area contributed by atoms with E-state index < -0.39 is 0 Å². The number of aromatic nitrogens is 3. The molecule has 0 aliphatic carbocycles. The van der Waals surface area contributed by atoms with Crippen molar-refractivity contribution in [3.63, 3.8) is 0 Å². The number of nitrogens with zero attached hydrogens (tertiary/aromatic N) is 3. The Morgan fingerprint density at radius 3 is 2.42 bits per heavy atom. The fourth-order valence-electron chi connectivity index (χ4n) is 3.17. The molecule has 0 atom stereocenters. The van der Waals surface area contributed by atoms with Gasteiger partial charge in [-0.25, -0.2) is 4.98 Å². The van der Waals surface area contributed by atoms with E-state index in [1.165, 1.54) is 11.3 Å². The summed E-state index contributed by atoms with van der Waals surface area (Å²) in [5, 5.41) is 8.17. The number of ether oxygens (including phenoxy) is 1. The second-order valence-corrected chi connectivity index (χ2v) is 7.95. The van der Waals surface area contributed by atoms with E-state index in [1.54, 1.807) is 28.9 Å². The first kappa shape index (κ1) is 19.0. The van der Waals surface area contributed by atoms with Crippen molar-refractivity contribution in [3.8, 4) is 16.6 Å². The van der Waals surface area contributed by atoms with Crippen LogP contribution < -0.4 is 10.1 Å². The Hall–Kier alpha value is -3.97. The second-order valence-electron chi connectivity index (χ2n) is 6.94. The largest absolute Gasteiger partial charge is 0.457 e. The number of anilines is 1. The number of carbonyl (C=O) groups excluding carboxylic acids is 1. The van der Waals surface area contributed by atoms with Crippen LogP contribution in [0, 0.1) is 6.92 Å². The summed E-state index contributed by atoms with van der Waals surface area (Å²) in [5.41, 5.74) is 2.22. The van der Waals surface area contributed by atoms with E-state index in [-0.39, 0.29) is 5.91 Å². The summed E-state index contributed by atoms with van der Waals surface area (Å²) < 4.78 is 8.53. The molecule has 2 heterocycles. The number of amides is 1. The van der Waals surface area contributed by atoms with Gasteiger partial charge in [-0.1, -0.05) is 41.7 Å². The molecule has 0 spiro atoms. The van der Waals surface area contributed by atoms with Crippen LogP contribution in [0.2, 0.25) is 0 Å². The number of carbonyl (C=O) groups is 1. The zero-order valence-corrected chi connectivity index (χ0v) is 17.5. The summed E-state index contributed by atoms with van der Waals surface area (Å²) in [6.45, 7) is 1.88. The predicted molar refractivity (Wildman–Crippen MR) is 122 cm³/mol. The topological polar surface area (TPSA) is 69.0 Å². The predicted octanol–water partition coefficient (Wildman–Crippen LogP) is 5.84. The van der Waals surface area contributed by atoms with Crippen molar-refractivity contribution < 1.29 is 9.53 Å². The zero-order chi connectivity index (χ0) is 21.2. The minimum atomic E-state index is -0.228. The monoisotopic (exact) mass is 426 g/mol. The highest BCUT2D eigenvalue weighted by Gasteiger charge is 2.15. The van der Waals surface area contributed by atoms with E-state index >= 15 is 0 Å². The minimum Gasteiger partial charge on any atom is -0.457 e. The Labute approximate surface area is 182 Å². The number of rotatable bonds is 5. The summed E-state index contributed by atoms with van der Waals surface area (Å²) in [6.07, 6.45) is 0. The van der Waals surface area contributed by atoms with Crippen LogP contribution in [0.5, 0.6) is 11.5 Å². The first-order valence-corrected chi connectivity index (χ1v) is 10.5. The molecule has 0 aliphatic heterocycles. The van der Waals surface area contributed by atoms with Gasteiger partial charge in [0.05, 0.1) is 15.9 Å². The number of hydrogen-bond acceptors (Lipinski definition) is 5. The molecule has 2 aromatic heterocycles. The molecule has 152 valence electrons. The van der Waals surface area contributed by atoms with Crippen molar-refractivity contribution in [1.82, 2.24) is 14.8 Å². The lowest BCUT2D eigenvalue weighted by Crippen LogP contribution is -2.15. The molecule has 7 heteroatoms. The van der Waals surface area contributed by atoms with E-state index in [0.29, 0.717) is 22.3 Å². The van der Waals surface area contributed by atoms with Crippen molar-refractivity contribution in [1.29, 1.82) is 0 Å². The second kappa shape index (κ2) is 8.04. The van der Waals surface area contributed by atoms with Crippen molar-refractivity contribution in [2.24, 2.45) is 0 Å². The Balaban J connectivity index is 1.36. The standard InChI is InChI=1S/C24H18N4O2S/c1-16-15-22(28(27-16)24-25-20-9-5-6-10-21(20)31-24)26-23(29)17-11-13-19(14-12-17)30-18-7-3-2-4-8-18/h2-15H,1H3,(H,26,29). The SMILES string of the molecule is Cc1cc(NC(=O)c2ccc(Oc3ccccc3)cc2)n(-c2nc3ccccc3s2)n1. The van der Waals surface area contributed by atoms with E-state index in [2.05, 4.69) is 15.4 Å². The normalized spacial score (nSPS) is 10.9. The van der Waals surface area contributed by atoms with Crippen molar-refractivity contribution in [3.05, 3.63) is 96.2 Å². The van der Waals surface area contributed by atoms with E-state index in [9.17, 15) is 4.79 Å². The maximum Gasteiger partial charge on any atom is 0.256 e. The molecule has 3 aromatic carbocycles. The Morgan fingerprint density at radius 2 is 1.65 bits per heavy atom. The van der Waals surface area contributed by atoms with Crippen molar-refractivity contribution in [2.45, 2.75) is 6.92 Å². The highest BCUT2D eigenvalue weighted by Crippen LogP contribution is 2.27. The highest BCUT2D eigenvalue weighted by atomic mass is 32.1. The van der Waals surface area contributed by atoms with Crippen LogP contribution in [0.3, 0.4) is 0 Å². The molecule has 5 aromatic rings. The molecule has 1 N–H and O–H groups in total. The minimum absolute atomic E-state index is 0.228. The van der Waals surface area contributed by atoms with Gasteiger partial charge in [0.25, 0.3) is 5.91 Å². The number of para-hydroxylation sites is 2. The number of aryl methyl sites for hydroxylation is 1. The Kier molecular flexibility index (Phi) is 4.93. The van der Waals surface area contributed by atoms with E-state index in [0.717, 1.165) is 21.7 Å². The number of fused-ring (bicyclic) bond motifs is 1. The number of benzene rings is 3. The molecule has 0 saturated carbocycles. The number of thiazole rings is 1. The van der Waals surface area contributed by atoms with Gasteiger partial charge in [0, 0.05) is 11.6 Å². The molecule has 0 saturated heterocycles. The molecule has 6 nitrogen and oxygen atoms in total. The molecule has 0 radical (unpaired) electrons. The van der Waals surface area contributed by atoms with Gasteiger partial charge in [0.1, 0.15) is 17.3 Å². The maximum atomic E-state index is 12.8. The van der Waals surface area contributed by atoms with Gasteiger partial charge in [0.15, 0.2) is 0 Å². The van der Waals surface area contributed by atoms with Gasteiger partial charge in [0.2, 0.25) is 5.13 Å². The molecule has 5 rings (SSSR count). The van der Waals surface area contributed by atoms with Crippen LogP contribution >= 0.6 is 11.3 Å². The summed E-state index contributed by atoms with van der Waals surface area (Å²) in [6, 6.07) is 26.3. The molecule has 0 unspecified atom stereocenters. The molecule has 0 bridgehead atoms. The van der Waals surface area contributed by atoms with Crippen molar-refractivity contribution in [2.75, 3.05) is 5.32 Å². The molecule has 0 fully saturated rings. The third-order valence-corrected chi connectivity index (χ3v) is 5.64. The third kappa shape index (κ3) is 4.04. The summed E-state index contributed by atoms with van der Waals surface area (Å²) in [5.74, 6) is 1.76. The lowest BCUT2D eigenvalue weighted by atomic mass is 10.2. The summed E-state index contributed by atoms with van der Waals surface area (Å²) in [4.78, 5) is 17.5. The summed E-state index contributed by atoms with van der Waals surface area (Å²) >= 11 is 1.53. The van der Waals surface area contributed by atoms with Gasteiger partial charge < -0.3 is 10.1 Å². The van der Waals surface area contributed by atoms with Gasteiger partial charge in [-0.05, 0) is 55.5 Å². The number of hydrogen-bond donors (Lipinski definition) is 1. The zero-order valence-electron chi connectivity index (χ0n) is 16.6. The smallest absolute Gasteiger partial charge is 0.256 e. The van der Waals surface area contributed by atoms with Crippen LogP contribution in [0.4, 0.5) is 5.82 Å². The Morgan fingerprint density at radius 1 is 0.935 bits per heavy atom. The van der Waals surface area contributed by atoms with E-state index in [1.807, 2.05) is 67.6 Å². The molecule has 31 heavy (non-hydrogen) atoms. The lowest BCUT2D eigenvalue weighted by Gasteiger charge is -2.08. The fraction of sp³-hybridized carbons (Fsp3) is 0.0417. The van der Waals surface area contributed by atoms with Crippen LogP contribution in [-0.4, -0.2) is 20.7 Å². The molecular formula is C24H18N4O2S. The van der Waals surface area contributed by atoms with Crippen molar-refractivity contribution >= 4 is 33.3 Å². The first-order valence-electron chi connectivity index (χ1n) is 9.73. The maximum absolute atomic E-state index is 12.8. The average Bonchev–Trinajstić information content (AvgIpc) is 3.38. The van der Waals surface area contributed by atoms with Gasteiger partial charge in [-0.15, -0.1) is 0 Å². The quantitative estimate of drug-likeness (QED) is 0.384. The van der Waals surface area contributed by atoms with Crippen LogP contribution in [0.1, 0.15) is 16.1 Å². The van der Waals surface area contributed by atoms with Gasteiger partial charge in [-0.2, -0.15) is 9.78 Å². The van der Waals surface area contributed by atoms with Gasteiger partial charge >= 0.3 is 0 Å². The van der Waals surface area contributed by atoms with Crippen LogP contribution in [-0.2, 0) is 0 Å². The van der Waals surface area contributed by atoms with Gasteiger partial charge in [-0.3, -0.25) is 4.79 Å². The highest BCUT2D eigenvalue weighted by molar-refractivity contribution is 7.20. The molecular weight excluding hydrogens is 408 g/mol. The molecule has 1 amide bonds. The lowest BCUT2D eigenvalue weighted by molar-refractivity contribution is 0.102. The molecule has 0 aliphatic rings. The third-order valence-electron chi connectivity index (χ3n) is 4.63. The van der Waals surface area contributed by atoms with Crippen LogP contribution in [0.25, 0.3) is 15.3 Å². The Bertz CT molecular complexity index is 1320. The average molecular weight is 427 g/mol.